The Morgan fingerprint density at radius 2 is 1.94 bits per heavy atom. The number of benzene rings is 1. The van der Waals surface area contributed by atoms with Gasteiger partial charge in [0.15, 0.2) is 11.6 Å². The van der Waals surface area contributed by atoms with E-state index in [9.17, 15) is 0 Å². The molecule has 172 valence electrons. The van der Waals surface area contributed by atoms with E-state index >= 15 is 0 Å². The minimum absolute atomic E-state index is 0.278. The Morgan fingerprint density at radius 3 is 2.73 bits per heavy atom. The van der Waals surface area contributed by atoms with Gasteiger partial charge >= 0.3 is 0 Å². The van der Waals surface area contributed by atoms with Crippen molar-refractivity contribution in [1.29, 1.82) is 0 Å². The molecule has 5 rings (SSSR count). The first-order valence-corrected chi connectivity index (χ1v) is 11.6. The van der Waals surface area contributed by atoms with Crippen LogP contribution in [0.15, 0.2) is 42.7 Å². The summed E-state index contributed by atoms with van der Waals surface area (Å²) in [4.78, 5) is 17.8. The number of piperidine rings is 1. The number of rotatable bonds is 5. The quantitative estimate of drug-likeness (QED) is 0.550. The summed E-state index contributed by atoms with van der Waals surface area (Å²) in [5, 5.41) is 4.67. The van der Waals surface area contributed by atoms with Crippen LogP contribution in [0.5, 0.6) is 11.6 Å². The fourth-order valence-corrected chi connectivity index (χ4v) is 4.70. The van der Waals surface area contributed by atoms with Crippen LogP contribution in [0.25, 0.3) is 0 Å². The summed E-state index contributed by atoms with van der Waals surface area (Å²) in [5.74, 6) is 2.55. The van der Waals surface area contributed by atoms with E-state index in [1.54, 1.807) is 25.6 Å². The number of halogens is 2. The van der Waals surface area contributed by atoms with E-state index in [2.05, 4.69) is 20.2 Å². The number of fused-ring (bicyclic) bond motifs is 1. The highest BCUT2D eigenvalue weighted by Crippen LogP contribution is 2.39. The van der Waals surface area contributed by atoms with Crippen molar-refractivity contribution < 1.29 is 9.47 Å². The number of nitrogens with one attached hydrogen (secondary N) is 1. The zero-order valence-corrected chi connectivity index (χ0v) is 19.7. The standard InChI is InChI=1S/C23H24Cl2N6O2/c1-32-21-13-17(4-7-26-21)30-8-5-16(6-9-30)28-23-27-14-20-22(29-23)31(10-11-33-20)19-3-2-15(24)12-18(19)25/h2-4,7,12-14,16H,5-6,8-11H2,1H3,(H,27,28,29). The smallest absolute Gasteiger partial charge is 0.225 e. The minimum atomic E-state index is 0.278. The Morgan fingerprint density at radius 1 is 1.09 bits per heavy atom. The van der Waals surface area contributed by atoms with Gasteiger partial charge in [-0.2, -0.15) is 4.98 Å². The van der Waals surface area contributed by atoms with E-state index in [1.807, 2.05) is 29.2 Å². The summed E-state index contributed by atoms with van der Waals surface area (Å²) in [7, 11) is 1.63. The number of hydrogen-bond acceptors (Lipinski definition) is 8. The maximum Gasteiger partial charge on any atom is 0.225 e. The average molecular weight is 487 g/mol. The second-order valence-corrected chi connectivity index (χ2v) is 8.78. The maximum absolute atomic E-state index is 6.47. The molecule has 0 atom stereocenters. The third kappa shape index (κ3) is 4.72. The van der Waals surface area contributed by atoms with Crippen LogP contribution >= 0.6 is 23.2 Å². The van der Waals surface area contributed by atoms with Crippen LogP contribution in [0.1, 0.15) is 12.8 Å². The predicted molar refractivity (Wildman–Crippen MR) is 131 cm³/mol. The minimum Gasteiger partial charge on any atom is -0.486 e. The fraction of sp³-hybridized carbons (Fsp3) is 0.348. The summed E-state index contributed by atoms with van der Waals surface area (Å²) in [6, 6.07) is 9.72. The Bertz CT molecular complexity index is 1140. The molecule has 0 aliphatic carbocycles. The monoisotopic (exact) mass is 486 g/mol. The molecule has 0 unspecified atom stereocenters. The molecule has 2 aliphatic rings. The van der Waals surface area contributed by atoms with Crippen molar-refractivity contribution in [3.05, 3.63) is 52.8 Å². The van der Waals surface area contributed by atoms with Crippen molar-refractivity contribution in [1.82, 2.24) is 15.0 Å². The number of aromatic nitrogens is 3. The summed E-state index contributed by atoms with van der Waals surface area (Å²) >= 11 is 12.5. The van der Waals surface area contributed by atoms with E-state index in [0.717, 1.165) is 37.3 Å². The van der Waals surface area contributed by atoms with E-state index in [1.165, 1.54) is 0 Å². The fourth-order valence-electron chi connectivity index (χ4n) is 4.19. The van der Waals surface area contributed by atoms with Crippen LogP contribution in [0.3, 0.4) is 0 Å². The van der Waals surface area contributed by atoms with Crippen LogP contribution in [0, 0.1) is 0 Å². The molecular weight excluding hydrogens is 463 g/mol. The highest BCUT2D eigenvalue weighted by atomic mass is 35.5. The van der Waals surface area contributed by atoms with E-state index < -0.39 is 0 Å². The van der Waals surface area contributed by atoms with Gasteiger partial charge in [-0.15, -0.1) is 0 Å². The van der Waals surface area contributed by atoms with Crippen molar-refractivity contribution >= 4 is 46.3 Å². The molecule has 1 N–H and O–H groups in total. The molecule has 33 heavy (non-hydrogen) atoms. The molecule has 1 saturated heterocycles. The SMILES string of the molecule is COc1cc(N2CCC(Nc3ncc4c(n3)N(c3ccc(Cl)cc3Cl)CCO4)CC2)ccn1. The zero-order valence-electron chi connectivity index (χ0n) is 18.2. The molecule has 10 heteroatoms. The van der Waals surface area contributed by atoms with E-state index in [-0.39, 0.29) is 6.04 Å². The molecule has 1 fully saturated rings. The number of pyridine rings is 1. The molecule has 0 saturated carbocycles. The van der Waals surface area contributed by atoms with Crippen LogP contribution in [-0.4, -0.2) is 54.3 Å². The summed E-state index contributed by atoms with van der Waals surface area (Å²) in [6.45, 7) is 3.01. The molecular formula is C23H24Cl2N6O2. The summed E-state index contributed by atoms with van der Waals surface area (Å²) in [5.41, 5.74) is 1.97. The highest BCUT2D eigenvalue weighted by molar-refractivity contribution is 6.36. The number of methoxy groups -OCH3 is 1. The molecule has 3 aromatic rings. The third-order valence-electron chi connectivity index (χ3n) is 5.89. The topological polar surface area (TPSA) is 75.6 Å². The second-order valence-electron chi connectivity index (χ2n) is 7.94. The van der Waals surface area contributed by atoms with Crippen LogP contribution in [0.4, 0.5) is 23.1 Å². The van der Waals surface area contributed by atoms with Crippen molar-refractivity contribution in [2.24, 2.45) is 0 Å². The van der Waals surface area contributed by atoms with Gasteiger partial charge in [-0.25, -0.2) is 9.97 Å². The molecule has 0 spiro atoms. The lowest BCUT2D eigenvalue weighted by atomic mass is 10.0. The average Bonchev–Trinajstić information content (AvgIpc) is 2.84. The lowest BCUT2D eigenvalue weighted by Crippen LogP contribution is -2.39. The first-order chi connectivity index (χ1) is 16.1. The zero-order chi connectivity index (χ0) is 22.8. The Hall–Kier alpha value is -2.97. The largest absolute Gasteiger partial charge is 0.486 e. The number of hydrogen-bond donors (Lipinski definition) is 1. The van der Waals surface area contributed by atoms with E-state index in [4.69, 9.17) is 37.7 Å². The second kappa shape index (κ2) is 9.49. The van der Waals surface area contributed by atoms with E-state index in [0.29, 0.717) is 46.6 Å². The lowest BCUT2D eigenvalue weighted by Gasteiger charge is -2.34. The first kappa shape index (κ1) is 21.9. The lowest BCUT2D eigenvalue weighted by molar-refractivity contribution is 0.310. The Balaban J connectivity index is 1.29. The molecule has 4 heterocycles. The van der Waals surface area contributed by atoms with Crippen LogP contribution < -0.4 is 24.6 Å². The van der Waals surface area contributed by atoms with Gasteiger partial charge in [0, 0.05) is 42.1 Å². The summed E-state index contributed by atoms with van der Waals surface area (Å²) in [6.07, 6.45) is 5.43. The van der Waals surface area contributed by atoms with Gasteiger partial charge in [-0.3, -0.25) is 0 Å². The van der Waals surface area contributed by atoms with Crippen molar-refractivity contribution in [2.45, 2.75) is 18.9 Å². The number of nitrogens with zero attached hydrogens (tertiary/aromatic N) is 5. The third-order valence-corrected chi connectivity index (χ3v) is 6.42. The molecule has 8 nitrogen and oxygen atoms in total. The van der Waals surface area contributed by atoms with Crippen molar-refractivity contribution in [2.75, 3.05) is 48.5 Å². The normalized spacial score (nSPS) is 16.2. The molecule has 0 radical (unpaired) electrons. The Labute approximate surface area is 202 Å². The maximum atomic E-state index is 6.47. The van der Waals surface area contributed by atoms with Gasteiger partial charge in [0.25, 0.3) is 0 Å². The molecule has 2 aromatic heterocycles. The predicted octanol–water partition coefficient (Wildman–Crippen LogP) is 4.80. The van der Waals surface area contributed by atoms with Gasteiger partial charge in [0.1, 0.15) is 6.61 Å². The first-order valence-electron chi connectivity index (χ1n) is 10.8. The number of anilines is 4. The molecule has 0 amide bonds. The van der Waals surface area contributed by atoms with Crippen LogP contribution in [0.2, 0.25) is 10.0 Å². The van der Waals surface area contributed by atoms with Crippen molar-refractivity contribution in [3.63, 3.8) is 0 Å². The van der Waals surface area contributed by atoms with Gasteiger partial charge in [0.05, 0.1) is 30.6 Å². The number of ether oxygens (including phenoxy) is 2. The van der Waals surface area contributed by atoms with Gasteiger partial charge in [-0.05, 0) is 37.1 Å². The van der Waals surface area contributed by atoms with Gasteiger partial charge < -0.3 is 24.6 Å². The highest BCUT2D eigenvalue weighted by Gasteiger charge is 2.26. The summed E-state index contributed by atoms with van der Waals surface area (Å²) < 4.78 is 11.0. The van der Waals surface area contributed by atoms with Gasteiger partial charge in [-0.1, -0.05) is 23.2 Å². The van der Waals surface area contributed by atoms with Crippen molar-refractivity contribution in [3.8, 4) is 11.6 Å². The Kier molecular flexibility index (Phi) is 6.28. The molecule has 1 aromatic carbocycles. The molecule has 0 bridgehead atoms. The van der Waals surface area contributed by atoms with Crippen LogP contribution in [-0.2, 0) is 0 Å². The molecule has 2 aliphatic heterocycles. The van der Waals surface area contributed by atoms with Gasteiger partial charge in [0.2, 0.25) is 11.8 Å².